The molecule has 0 atom stereocenters. The smallest absolute Gasteiger partial charge is 0.400 e. The van der Waals surface area contributed by atoms with E-state index in [0.717, 1.165) is 11.0 Å². The summed E-state index contributed by atoms with van der Waals surface area (Å²) in [5.74, 6) is 0. The number of nitrogens with zero attached hydrogens (tertiary/aromatic N) is 2. The fourth-order valence-electron chi connectivity index (χ4n) is 2.03. The van der Waals surface area contributed by atoms with Crippen molar-refractivity contribution in [2.24, 2.45) is 5.73 Å². The summed E-state index contributed by atoms with van der Waals surface area (Å²) >= 11 is 0. The molecule has 6 heteroatoms. The molecule has 5 nitrogen and oxygen atoms in total. The van der Waals surface area contributed by atoms with Crippen LogP contribution in [0, 0.1) is 11.3 Å². The van der Waals surface area contributed by atoms with Gasteiger partial charge in [-0.3, -0.25) is 0 Å². The monoisotopic (exact) mass is 285 g/mol. The highest BCUT2D eigenvalue weighted by molar-refractivity contribution is 6.55. The van der Waals surface area contributed by atoms with E-state index in [0.29, 0.717) is 12.2 Å². The maximum Gasteiger partial charge on any atom is 0.491 e. The molecule has 0 aromatic carbocycles. The van der Waals surface area contributed by atoms with Gasteiger partial charge in [-0.2, -0.15) is 5.26 Å². The van der Waals surface area contributed by atoms with Crippen molar-refractivity contribution in [2.45, 2.75) is 38.9 Å². The highest BCUT2D eigenvalue weighted by Gasteiger charge is 2.52. The van der Waals surface area contributed by atoms with Crippen LogP contribution in [-0.2, 0) is 9.31 Å². The van der Waals surface area contributed by atoms with Gasteiger partial charge in [0, 0.05) is 12.7 Å². The van der Waals surface area contributed by atoms with E-state index in [-0.39, 0.29) is 0 Å². The summed E-state index contributed by atoms with van der Waals surface area (Å²) in [7, 11) is -0.473. The van der Waals surface area contributed by atoms with E-state index in [1.54, 1.807) is 12.3 Å². The molecule has 1 aliphatic rings. The standard InChI is InChI=1S/C15H20BN3O2/c1-14(2)15(3,4)21-16(20-14)12(9-17)7-11-5-6-19-13(8-11)10-18/h5-8H,9,17H2,1-4H3. The highest BCUT2D eigenvalue weighted by Crippen LogP contribution is 2.38. The Labute approximate surface area is 125 Å². The van der Waals surface area contributed by atoms with Crippen molar-refractivity contribution in [1.29, 1.82) is 5.26 Å². The van der Waals surface area contributed by atoms with Gasteiger partial charge in [0.25, 0.3) is 0 Å². The molecule has 110 valence electrons. The molecule has 21 heavy (non-hydrogen) atoms. The van der Waals surface area contributed by atoms with Gasteiger partial charge in [-0.15, -0.1) is 0 Å². The molecule has 0 spiro atoms. The molecule has 1 aromatic heterocycles. The van der Waals surface area contributed by atoms with Gasteiger partial charge in [-0.1, -0.05) is 6.08 Å². The van der Waals surface area contributed by atoms with E-state index < -0.39 is 18.3 Å². The topological polar surface area (TPSA) is 81.2 Å². The van der Waals surface area contributed by atoms with Gasteiger partial charge in [0.1, 0.15) is 11.8 Å². The molecule has 1 fully saturated rings. The number of hydrogen-bond donors (Lipinski definition) is 1. The fourth-order valence-corrected chi connectivity index (χ4v) is 2.03. The lowest BCUT2D eigenvalue weighted by molar-refractivity contribution is 0.00578. The van der Waals surface area contributed by atoms with Crippen molar-refractivity contribution in [3.63, 3.8) is 0 Å². The van der Waals surface area contributed by atoms with Crippen LogP contribution >= 0.6 is 0 Å². The molecule has 2 heterocycles. The van der Waals surface area contributed by atoms with Crippen molar-refractivity contribution in [2.75, 3.05) is 6.54 Å². The lowest BCUT2D eigenvalue weighted by Crippen LogP contribution is -2.41. The lowest BCUT2D eigenvalue weighted by atomic mass is 9.77. The maximum absolute atomic E-state index is 8.89. The third-order valence-corrected chi connectivity index (χ3v) is 4.04. The minimum Gasteiger partial charge on any atom is -0.400 e. The molecule has 0 unspecified atom stereocenters. The summed E-state index contributed by atoms with van der Waals surface area (Å²) in [5, 5.41) is 8.89. The van der Waals surface area contributed by atoms with E-state index in [4.69, 9.17) is 20.3 Å². The molecule has 0 radical (unpaired) electrons. The third-order valence-electron chi connectivity index (χ3n) is 4.04. The zero-order valence-electron chi connectivity index (χ0n) is 12.9. The van der Waals surface area contributed by atoms with Crippen molar-refractivity contribution in [1.82, 2.24) is 4.98 Å². The van der Waals surface area contributed by atoms with E-state index in [9.17, 15) is 0 Å². The Hall–Kier alpha value is -1.68. The van der Waals surface area contributed by atoms with Crippen molar-refractivity contribution < 1.29 is 9.31 Å². The third kappa shape index (κ3) is 3.16. The summed E-state index contributed by atoms with van der Waals surface area (Å²) in [4.78, 5) is 3.95. The molecule has 1 saturated heterocycles. The Kier molecular flexibility index (Phi) is 4.19. The summed E-state index contributed by atoms with van der Waals surface area (Å²) in [6.07, 6.45) is 3.49. The van der Waals surface area contributed by atoms with Crippen LogP contribution in [0.2, 0.25) is 0 Å². The molecule has 2 rings (SSSR count). The Morgan fingerprint density at radius 1 is 1.38 bits per heavy atom. The number of aromatic nitrogens is 1. The highest BCUT2D eigenvalue weighted by atomic mass is 16.7. The van der Waals surface area contributed by atoms with Gasteiger partial charge < -0.3 is 15.0 Å². The van der Waals surface area contributed by atoms with Gasteiger partial charge in [0.05, 0.1) is 11.2 Å². The second kappa shape index (κ2) is 5.61. The average Bonchev–Trinajstić information content (AvgIpc) is 2.65. The van der Waals surface area contributed by atoms with Gasteiger partial charge in [0.15, 0.2) is 0 Å². The molecule has 0 aliphatic carbocycles. The Balaban J connectivity index is 2.29. The minimum atomic E-state index is -0.473. The molecule has 1 aliphatic heterocycles. The molecular formula is C15H20BN3O2. The number of rotatable bonds is 3. The van der Waals surface area contributed by atoms with Crippen LogP contribution in [0.1, 0.15) is 39.0 Å². The zero-order valence-corrected chi connectivity index (χ0v) is 12.9. The predicted molar refractivity (Wildman–Crippen MR) is 82.1 cm³/mol. The molecule has 2 N–H and O–H groups in total. The van der Waals surface area contributed by atoms with E-state index in [2.05, 4.69) is 4.98 Å². The average molecular weight is 285 g/mol. The largest absolute Gasteiger partial charge is 0.491 e. The number of pyridine rings is 1. The zero-order chi connectivity index (χ0) is 15.7. The molecule has 1 aromatic rings. The van der Waals surface area contributed by atoms with Gasteiger partial charge >= 0.3 is 7.12 Å². The van der Waals surface area contributed by atoms with Crippen LogP contribution in [0.4, 0.5) is 0 Å². The first-order valence-electron chi connectivity index (χ1n) is 6.91. The molecule has 0 saturated carbocycles. The maximum atomic E-state index is 8.89. The van der Waals surface area contributed by atoms with E-state index >= 15 is 0 Å². The number of hydrogen-bond acceptors (Lipinski definition) is 5. The van der Waals surface area contributed by atoms with Crippen LogP contribution in [0.3, 0.4) is 0 Å². The van der Waals surface area contributed by atoms with Crippen LogP contribution in [-0.4, -0.2) is 29.8 Å². The van der Waals surface area contributed by atoms with Gasteiger partial charge in [0.2, 0.25) is 0 Å². The van der Waals surface area contributed by atoms with Crippen LogP contribution in [0.15, 0.2) is 23.8 Å². The van der Waals surface area contributed by atoms with Crippen LogP contribution in [0.5, 0.6) is 0 Å². The molecular weight excluding hydrogens is 265 g/mol. The Morgan fingerprint density at radius 3 is 2.52 bits per heavy atom. The molecule has 0 bridgehead atoms. The van der Waals surface area contributed by atoms with E-state index in [1.165, 1.54) is 0 Å². The summed E-state index contributed by atoms with van der Waals surface area (Å²) < 4.78 is 12.0. The second-order valence-corrected chi connectivity index (χ2v) is 6.10. The second-order valence-electron chi connectivity index (χ2n) is 6.10. The van der Waals surface area contributed by atoms with Crippen molar-refractivity contribution in [3.05, 3.63) is 35.1 Å². The van der Waals surface area contributed by atoms with E-state index in [1.807, 2.05) is 45.9 Å². The molecule has 0 amide bonds. The van der Waals surface area contributed by atoms with Gasteiger partial charge in [-0.25, -0.2) is 4.98 Å². The normalized spacial score (nSPS) is 20.4. The summed E-state index contributed by atoms with van der Waals surface area (Å²) in [5.41, 5.74) is 7.10. The van der Waals surface area contributed by atoms with Crippen LogP contribution < -0.4 is 5.73 Å². The lowest BCUT2D eigenvalue weighted by Gasteiger charge is -2.32. The Bertz CT molecular complexity index is 589. The van der Waals surface area contributed by atoms with Crippen molar-refractivity contribution >= 4 is 13.2 Å². The first-order chi connectivity index (χ1) is 9.79. The van der Waals surface area contributed by atoms with Gasteiger partial charge in [-0.05, 0) is 50.9 Å². The first-order valence-corrected chi connectivity index (χ1v) is 6.91. The number of nitriles is 1. The van der Waals surface area contributed by atoms with Crippen LogP contribution in [0.25, 0.3) is 6.08 Å². The predicted octanol–water partition coefficient (Wildman–Crippen LogP) is 1.93. The first kappa shape index (κ1) is 15.7. The summed E-state index contributed by atoms with van der Waals surface area (Å²) in [6.45, 7) is 8.33. The Morgan fingerprint density at radius 2 is 2.00 bits per heavy atom. The SMILES string of the molecule is CC1(C)OB(C(=Cc2ccnc(C#N)c2)CN)OC1(C)C. The number of nitrogens with two attached hydrogens (primary N) is 1. The quantitative estimate of drug-likeness (QED) is 0.858. The van der Waals surface area contributed by atoms with Crippen molar-refractivity contribution in [3.8, 4) is 6.07 Å². The fraction of sp³-hybridized carbons (Fsp3) is 0.467. The summed E-state index contributed by atoms with van der Waals surface area (Å²) in [6, 6.07) is 5.55. The minimum absolute atomic E-state index is 0.320.